The van der Waals surface area contributed by atoms with Gasteiger partial charge in [0.05, 0.1) is 19.6 Å². The SMILES string of the molecule is COC(=O)CC(O)C(O)c1cncnc1. The van der Waals surface area contributed by atoms with E-state index in [9.17, 15) is 15.0 Å². The number of aliphatic hydroxyl groups excluding tert-OH is 2. The third kappa shape index (κ3) is 3.26. The number of esters is 1. The number of hydrogen-bond acceptors (Lipinski definition) is 6. The summed E-state index contributed by atoms with van der Waals surface area (Å²) >= 11 is 0. The smallest absolute Gasteiger partial charge is 0.308 e. The van der Waals surface area contributed by atoms with Crippen LogP contribution in [0.3, 0.4) is 0 Å². The number of methoxy groups -OCH3 is 1. The molecule has 6 nitrogen and oxygen atoms in total. The highest BCUT2D eigenvalue weighted by molar-refractivity contribution is 5.69. The molecule has 0 spiro atoms. The van der Waals surface area contributed by atoms with Crippen molar-refractivity contribution in [1.82, 2.24) is 9.97 Å². The van der Waals surface area contributed by atoms with Crippen molar-refractivity contribution in [3.8, 4) is 0 Å². The molecule has 1 heterocycles. The highest BCUT2D eigenvalue weighted by atomic mass is 16.5. The minimum atomic E-state index is -1.22. The van der Waals surface area contributed by atoms with E-state index in [1.54, 1.807) is 0 Å². The lowest BCUT2D eigenvalue weighted by Gasteiger charge is -2.15. The van der Waals surface area contributed by atoms with Crippen LogP contribution >= 0.6 is 0 Å². The Morgan fingerprint density at radius 2 is 2.07 bits per heavy atom. The summed E-state index contributed by atoms with van der Waals surface area (Å²) in [6, 6.07) is 0. The van der Waals surface area contributed by atoms with E-state index in [0.29, 0.717) is 5.56 Å². The molecular formula is C9H12N2O4. The van der Waals surface area contributed by atoms with Crippen molar-refractivity contribution in [3.63, 3.8) is 0 Å². The van der Waals surface area contributed by atoms with Gasteiger partial charge in [-0.3, -0.25) is 4.79 Å². The van der Waals surface area contributed by atoms with E-state index in [4.69, 9.17) is 0 Å². The van der Waals surface area contributed by atoms with Gasteiger partial charge >= 0.3 is 5.97 Å². The van der Waals surface area contributed by atoms with Crippen molar-refractivity contribution in [3.05, 3.63) is 24.3 Å². The van der Waals surface area contributed by atoms with Gasteiger partial charge in [0.25, 0.3) is 0 Å². The molecule has 82 valence electrons. The molecule has 0 radical (unpaired) electrons. The minimum absolute atomic E-state index is 0.271. The Labute approximate surface area is 86.6 Å². The predicted molar refractivity (Wildman–Crippen MR) is 49.6 cm³/mol. The van der Waals surface area contributed by atoms with E-state index >= 15 is 0 Å². The molecule has 2 unspecified atom stereocenters. The fourth-order valence-corrected chi connectivity index (χ4v) is 1.05. The lowest BCUT2D eigenvalue weighted by molar-refractivity contribution is -0.144. The summed E-state index contributed by atoms with van der Waals surface area (Å²) in [4.78, 5) is 18.2. The van der Waals surface area contributed by atoms with Gasteiger partial charge in [-0.2, -0.15) is 0 Å². The quantitative estimate of drug-likeness (QED) is 0.649. The molecule has 1 aromatic heterocycles. The van der Waals surface area contributed by atoms with Crippen LogP contribution in [0.5, 0.6) is 0 Å². The maximum Gasteiger partial charge on any atom is 0.308 e. The Morgan fingerprint density at radius 1 is 1.47 bits per heavy atom. The molecule has 0 aliphatic rings. The van der Waals surface area contributed by atoms with Crippen molar-refractivity contribution in [1.29, 1.82) is 0 Å². The molecular weight excluding hydrogens is 200 g/mol. The highest BCUT2D eigenvalue weighted by Crippen LogP contribution is 2.17. The molecule has 1 rings (SSSR count). The molecule has 2 N–H and O–H groups in total. The lowest BCUT2D eigenvalue weighted by Crippen LogP contribution is -2.22. The molecule has 0 saturated heterocycles. The first-order valence-electron chi connectivity index (χ1n) is 4.33. The number of rotatable bonds is 4. The predicted octanol–water partition coefficient (Wildman–Crippen LogP) is -0.566. The monoisotopic (exact) mass is 212 g/mol. The number of aromatic nitrogens is 2. The summed E-state index contributed by atoms with van der Waals surface area (Å²) in [5, 5.41) is 19.1. The maximum atomic E-state index is 10.8. The first-order chi connectivity index (χ1) is 7.15. The number of nitrogens with zero attached hydrogens (tertiary/aromatic N) is 2. The van der Waals surface area contributed by atoms with Gasteiger partial charge in [-0.05, 0) is 0 Å². The normalized spacial score (nSPS) is 14.3. The van der Waals surface area contributed by atoms with Gasteiger partial charge in [0.15, 0.2) is 0 Å². The van der Waals surface area contributed by atoms with Gasteiger partial charge in [0.2, 0.25) is 0 Å². The van der Waals surface area contributed by atoms with Crippen molar-refractivity contribution < 1.29 is 19.7 Å². The number of aliphatic hydroxyl groups is 2. The number of carbonyl (C=O) groups is 1. The van der Waals surface area contributed by atoms with Crippen LogP contribution in [0.2, 0.25) is 0 Å². The molecule has 0 aromatic carbocycles. The number of ether oxygens (including phenoxy) is 1. The molecule has 0 saturated carbocycles. The largest absolute Gasteiger partial charge is 0.469 e. The molecule has 0 amide bonds. The van der Waals surface area contributed by atoms with Crippen LogP contribution in [-0.4, -0.2) is 39.4 Å². The van der Waals surface area contributed by atoms with Crippen LogP contribution < -0.4 is 0 Å². The summed E-state index contributed by atoms with van der Waals surface area (Å²) < 4.78 is 4.37. The fourth-order valence-electron chi connectivity index (χ4n) is 1.05. The third-order valence-electron chi connectivity index (χ3n) is 1.89. The Morgan fingerprint density at radius 3 is 2.60 bits per heavy atom. The van der Waals surface area contributed by atoms with E-state index in [1.165, 1.54) is 25.8 Å². The topological polar surface area (TPSA) is 92.5 Å². The Bertz CT molecular complexity index is 317. The Balaban J connectivity index is 2.61. The van der Waals surface area contributed by atoms with Gasteiger partial charge in [-0.1, -0.05) is 0 Å². The van der Waals surface area contributed by atoms with Crippen LogP contribution in [0.1, 0.15) is 18.1 Å². The molecule has 0 aliphatic heterocycles. The van der Waals surface area contributed by atoms with Gasteiger partial charge in [-0.25, -0.2) is 9.97 Å². The molecule has 15 heavy (non-hydrogen) atoms. The second-order valence-electron chi connectivity index (χ2n) is 2.96. The van der Waals surface area contributed by atoms with Crippen LogP contribution in [0.4, 0.5) is 0 Å². The molecule has 0 aliphatic carbocycles. The zero-order valence-electron chi connectivity index (χ0n) is 8.20. The van der Waals surface area contributed by atoms with Gasteiger partial charge in [-0.15, -0.1) is 0 Å². The average Bonchev–Trinajstić information content (AvgIpc) is 2.29. The molecule has 0 bridgehead atoms. The fraction of sp³-hybridized carbons (Fsp3) is 0.444. The lowest BCUT2D eigenvalue weighted by atomic mass is 10.1. The van der Waals surface area contributed by atoms with Crippen LogP contribution in [-0.2, 0) is 9.53 Å². The molecule has 6 heteroatoms. The Kier molecular flexibility index (Phi) is 4.14. The van der Waals surface area contributed by atoms with E-state index < -0.39 is 18.2 Å². The summed E-state index contributed by atoms with van der Waals surface area (Å²) in [5.41, 5.74) is 0.355. The second kappa shape index (κ2) is 5.38. The average molecular weight is 212 g/mol. The van der Waals surface area contributed by atoms with E-state index in [2.05, 4.69) is 14.7 Å². The summed E-state index contributed by atoms with van der Waals surface area (Å²) in [6.07, 6.45) is 1.37. The van der Waals surface area contributed by atoms with Gasteiger partial charge < -0.3 is 14.9 Å². The van der Waals surface area contributed by atoms with Crippen LogP contribution in [0.15, 0.2) is 18.7 Å². The first-order valence-corrected chi connectivity index (χ1v) is 4.33. The van der Waals surface area contributed by atoms with Gasteiger partial charge in [0.1, 0.15) is 12.4 Å². The summed E-state index contributed by atoms with van der Waals surface area (Å²) in [7, 11) is 1.22. The molecule has 0 fully saturated rings. The van der Waals surface area contributed by atoms with Crippen LogP contribution in [0, 0.1) is 0 Å². The molecule has 2 atom stereocenters. The number of hydrogen-bond donors (Lipinski definition) is 2. The summed E-state index contributed by atoms with van der Waals surface area (Å²) in [6.45, 7) is 0. The van der Waals surface area contributed by atoms with Crippen molar-refractivity contribution in [2.24, 2.45) is 0 Å². The summed E-state index contributed by atoms with van der Waals surface area (Å²) in [5.74, 6) is -0.585. The van der Waals surface area contributed by atoms with Crippen molar-refractivity contribution >= 4 is 5.97 Å². The molecule has 1 aromatic rings. The van der Waals surface area contributed by atoms with Crippen LogP contribution in [0.25, 0.3) is 0 Å². The maximum absolute atomic E-state index is 10.8. The highest BCUT2D eigenvalue weighted by Gasteiger charge is 2.21. The zero-order chi connectivity index (χ0) is 11.3. The van der Waals surface area contributed by atoms with Crippen molar-refractivity contribution in [2.75, 3.05) is 7.11 Å². The minimum Gasteiger partial charge on any atom is -0.469 e. The standard InChI is InChI=1S/C9H12N2O4/c1-15-8(13)2-7(12)9(14)6-3-10-5-11-4-6/h3-5,7,9,12,14H,2H2,1H3. The van der Waals surface area contributed by atoms with E-state index in [-0.39, 0.29) is 6.42 Å². The second-order valence-corrected chi connectivity index (χ2v) is 2.96. The Hall–Kier alpha value is -1.53. The van der Waals surface area contributed by atoms with E-state index in [1.807, 2.05) is 0 Å². The first kappa shape index (κ1) is 11.5. The third-order valence-corrected chi connectivity index (χ3v) is 1.89. The zero-order valence-corrected chi connectivity index (χ0v) is 8.20. The van der Waals surface area contributed by atoms with E-state index in [0.717, 1.165) is 0 Å². The van der Waals surface area contributed by atoms with Crippen molar-refractivity contribution in [2.45, 2.75) is 18.6 Å². The van der Waals surface area contributed by atoms with Gasteiger partial charge in [0, 0.05) is 18.0 Å². The number of carbonyl (C=O) groups excluding carboxylic acids is 1.